The molecule has 128 valence electrons. The van der Waals surface area contributed by atoms with Gasteiger partial charge in [0.2, 0.25) is 0 Å². The van der Waals surface area contributed by atoms with Crippen molar-refractivity contribution in [3.63, 3.8) is 0 Å². The molecule has 1 heterocycles. The molecule has 4 nitrogen and oxygen atoms in total. The van der Waals surface area contributed by atoms with Crippen LogP contribution < -0.4 is 14.8 Å². The second kappa shape index (κ2) is 8.69. The minimum absolute atomic E-state index is 0.0338. The molecule has 1 N–H and O–H groups in total. The Morgan fingerprint density at radius 2 is 1.92 bits per heavy atom. The highest BCUT2D eigenvalue weighted by Gasteiger charge is 2.28. The summed E-state index contributed by atoms with van der Waals surface area (Å²) in [6.45, 7) is 4.93. The van der Waals surface area contributed by atoms with Gasteiger partial charge in [-0.25, -0.2) is 0 Å². The third kappa shape index (κ3) is 4.40. The van der Waals surface area contributed by atoms with E-state index in [0.29, 0.717) is 13.2 Å². The molecule has 2 aromatic rings. The molecule has 0 spiro atoms. The Hall–Kier alpha value is -1.31. The van der Waals surface area contributed by atoms with Crippen LogP contribution in [0.4, 0.5) is 0 Å². The van der Waals surface area contributed by atoms with Crippen molar-refractivity contribution in [2.75, 3.05) is 26.3 Å². The lowest BCUT2D eigenvalue weighted by Gasteiger charge is -2.32. The fourth-order valence-electron chi connectivity index (χ4n) is 2.75. The topological polar surface area (TPSA) is 39.7 Å². The van der Waals surface area contributed by atoms with Crippen LogP contribution in [0.1, 0.15) is 18.6 Å². The van der Waals surface area contributed by atoms with Crippen LogP contribution in [0, 0.1) is 3.57 Å². The van der Waals surface area contributed by atoms with Gasteiger partial charge in [-0.1, -0.05) is 24.3 Å². The number of rotatable bonds is 6. The van der Waals surface area contributed by atoms with Gasteiger partial charge < -0.3 is 19.5 Å². The standard InChI is InChI=1S/C19H22INO3/c1-2-22-16-5-3-4-6-17(16)24-19(18-13-21-11-12-23-18)14-7-9-15(20)10-8-14/h3-10,18-19,21H,2,11-13H2,1H3/t18-,19-/m0/s1. The van der Waals surface area contributed by atoms with Gasteiger partial charge >= 0.3 is 0 Å². The molecule has 24 heavy (non-hydrogen) atoms. The first kappa shape index (κ1) is 17.5. The second-order valence-electron chi connectivity index (χ2n) is 5.58. The summed E-state index contributed by atoms with van der Waals surface area (Å²) in [5.41, 5.74) is 1.11. The van der Waals surface area contributed by atoms with Crippen molar-refractivity contribution in [2.45, 2.75) is 19.1 Å². The summed E-state index contributed by atoms with van der Waals surface area (Å²) in [5, 5.41) is 3.38. The number of morpholine rings is 1. The maximum absolute atomic E-state index is 6.37. The summed E-state index contributed by atoms with van der Waals surface area (Å²) in [5.74, 6) is 1.51. The number of nitrogens with one attached hydrogen (secondary N) is 1. The van der Waals surface area contributed by atoms with Crippen LogP contribution in [0.15, 0.2) is 48.5 Å². The van der Waals surface area contributed by atoms with Crippen molar-refractivity contribution in [3.8, 4) is 11.5 Å². The van der Waals surface area contributed by atoms with Gasteiger partial charge in [-0.05, 0) is 59.3 Å². The van der Waals surface area contributed by atoms with E-state index in [1.54, 1.807) is 0 Å². The summed E-state index contributed by atoms with van der Waals surface area (Å²) >= 11 is 2.31. The monoisotopic (exact) mass is 439 g/mol. The van der Waals surface area contributed by atoms with E-state index in [0.717, 1.165) is 30.2 Å². The molecule has 1 saturated heterocycles. The zero-order valence-corrected chi connectivity index (χ0v) is 15.9. The van der Waals surface area contributed by atoms with E-state index >= 15 is 0 Å². The van der Waals surface area contributed by atoms with E-state index in [4.69, 9.17) is 14.2 Å². The third-order valence-corrected chi connectivity index (χ3v) is 4.61. The minimum Gasteiger partial charge on any atom is -0.490 e. The largest absolute Gasteiger partial charge is 0.490 e. The molecule has 0 aliphatic carbocycles. The Labute approximate surface area is 156 Å². The van der Waals surface area contributed by atoms with Gasteiger partial charge in [0.05, 0.1) is 13.2 Å². The maximum atomic E-state index is 6.37. The Balaban J connectivity index is 1.88. The number of ether oxygens (including phenoxy) is 3. The van der Waals surface area contributed by atoms with Crippen LogP contribution in [0.3, 0.4) is 0 Å². The summed E-state index contributed by atoms with van der Waals surface area (Å²) < 4.78 is 19.2. The molecular weight excluding hydrogens is 417 g/mol. The van der Waals surface area contributed by atoms with Gasteiger partial charge in [0.25, 0.3) is 0 Å². The average molecular weight is 439 g/mol. The molecule has 0 saturated carbocycles. The molecular formula is C19H22INO3. The van der Waals surface area contributed by atoms with Crippen molar-refractivity contribution in [2.24, 2.45) is 0 Å². The third-order valence-electron chi connectivity index (χ3n) is 3.90. The first-order chi connectivity index (χ1) is 11.8. The van der Waals surface area contributed by atoms with Gasteiger partial charge in [-0.15, -0.1) is 0 Å². The lowest BCUT2D eigenvalue weighted by molar-refractivity contribution is -0.0439. The van der Waals surface area contributed by atoms with Gasteiger partial charge in [-0.2, -0.15) is 0 Å². The van der Waals surface area contributed by atoms with Crippen molar-refractivity contribution < 1.29 is 14.2 Å². The second-order valence-corrected chi connectivity index (χ2v) is 6.83. The van der Waals surface area contributed by atoms with Gasteiger partial charge in [-0.3, -0.25) is 0 Å². The van der Waals surface area contributed by atoms with Crippen LogP contribution in [0.25, 0.3) is 0 Å². The van der Waals surface area contributed by atoms with Crippen LogP contribution in [-0.2, 0) is 4.74 Å². The highest BCUT2D eigenvalue weighted by molar-refractivity contribution is 14.1. The zero-order valence-electron chi connectivity index (χ0n) is 13.7. The van der Waals surface area contributed by atoms with E-state index in [1.165, 1.54) is 3.57 Å². The number of hydrogen-bond donors (Lipinski definition) is 1. The minimum atomic E-state index is -0.184. The molecule has 0 radical (unpaired) electrons. The number of benzene rings is 2. The molecule has 2 atom stereocenters. The predicted octanol–water partition coefficient (Wildman–Crippen LogP) is 3.80. The van der Waals surface area contributed by atoms with Crippen LogP contribution in [-0.4, -0.2) is 32.4 Å². The molecule has 2 aromatic carbocycles. The van der Waals surface area contributed by atoms with Crippen molar-refractivity contribution in [1.82, 2.24) is 5.32 Å². The lowest BCUT2D eigenvalue weighted by atomic mass is 10.0. The molecule has 5 heteroatoms. The zero-order chi connectivity index (χ0) is 16.8. The van der Waals surface area contributed by atoms with Crippen molar-refractivity contribution >= 4 is 22.6 Å². The SMILES string of the molecule is CCOc1ccccc1O[C@@H](c1ccc(I)cc1)[C@@H]1CNCCO1. The quantitative estimate of drug-likeness (QED) is 0.696. The van der Waals surface area contributed by atoms with Crippen LogP contribution in [0.5, 0.6) is 11.5 Å². The fraction of sp³-hybridized carbons (Fsp3) is 0.368. The Morgan fingerprint density at radius 1 is 1.17 bits per heavy atom. The number of halogens is 1. The van der Waals surface area contributed by atoms with Crippen LogP contribution >= 0.6 is 22.6 Å². The highest BCUT2D eigenvalue weighted by Crippen LogP contribution is 2.33. The Kier molecular flexibility index (Phi) is 6.34. The fourth-order valence-corrected chi connectivity index (χ4v) is 3.11. The van der Waals surface area contributed by atoms with Crippen LogP contribution in [0.2, 0.25) is 0 Å². The molecule has 0 unspecified atom stereocenters. The van der Waals surface area contributed by atoms with Gasteiger partial charge in [0, 0.05) is 16.7 Å². The lowest BCUT2D eigenvalue weighted by Crippen LogP contribution is -2.43. The summed E-state index contributed by atoms with van der Waals surface area (Å²) in [7, 11) is 0. The van der Waals surface area contributed by atoms with E-state index in [1.807, 2.05) is 31.2 Å². The highest BCUT2D eigenvalue weighted by atomic mass is 127. The molecule has 1 aliphatic rings. The number of para-hydroxylation sites is 2. The predicted molar refractivity (Wildman–Crippen MR) is 103 cm³/mol. The van der Waals surface area contributed by atoms with Gasteiger partial charge in [0.15, 0.2) is 17.6 Å². The van der Waals surface area contributed by atoms with E-state index in [9.17, 15) is 0 Å². The molecule has 1 aliphatic heterocycles. The summed E-state index contributed by atoms with van der Waals surface area (Å²) in [6, 6.07) is 16.2. The molecule has 0 amide bonds. The van der Waals surface area contributed by atoms with E-state index < -0.39 is 0 Å². The number of hydrogen-bond acceptors (Lipinski definition) is 4. The average Bonchev–Trinajstić information content (AvgIpc) is 2.63. The Bertz CT molecular complexity index is 641. The normalized spacial score (nSPS) is 18.8. The van der Waals surface area contributed by atoms with Crippen molar-refractivity contribution in [1.29, 1.82) is 0 Å². The molecule has 3 rings (SSSR count). The van der Waals surface area contributed by atoms with E-state index in [2.05, 4.69) is 52.2 Å². The smallest absolute Gasteiger partial charge is 0.162 e. The van der Waals surface area contributed by atoms with Gasteiger partial charge in [0.1, 0.15) is 6.10 Å². The Morgan fingerprint density at radius 3 is 2.58 bits per heavy atom. The summed E-state index contributed by atoms with van der Waals surface area (Å²) in [6.07, 6.45) is -0.218. The summed E-state index contributed by atoms with van der Waals surface area (Å²) in [4.78, 5) is 0. The molecule has 1 fully saturated rings. The molecule has 0 aromatic heterocycles. The first-order valence-electron chi connectivity index (χ1n) is 8.24. The van der Waals surface area contributed by atoms with Crippen molar-refractivity contribution in [3.05, 3.63) is 57.7 Å². The molecule has 0 bridgehead atoms. The first-order valence-corrected chi connectivity index (χ1v) is 9.32. The van der Waals surface area contributed by atoms with E-state index in [-0.39, 0.29) is 12.2 Å². The maximum Gasteiger partial charge on any atom is 0.162 e.